The molecule has 6 aromatic heterocycles. The van der Waals surface area contributed by atoms with Gasteiger partial charge in [0.05, 0.1) is 47.8 Å². The summed E-state index contributed by atoms with van der Waals surface area (Å²) in [4.78, 5) is 54.0. The molecule has 2 unspecified atom stereocenters. The number of benzene rings is 3. The molecule has 500 valence electrons. The zero-order chi connectivity index (χ0) is 67.0. The van der Waals surface area contributed by atoms with Crippen LogP contribution in [0.5, 0.6) is 0 Å². The molecule has 9 heterocycles. The summed E-state index contributed by atoms with van der Waals surface area (Å²) in [7, 11) is -2.42. The molecule has 27 nitrogen and oxygen atoms in total. The van der Waals surface area contributed by atoms with E-state index in [1.54, 1.807) is 72.4 Å². The molecule has 0 spiro atoms. The van der Waals surface area contributed by atoms with Crippen molar-refractivity contribution >= 4 is 134 Å². The first-order chi connectivity index (χ1) is 43.9. The van der Waals surface area contributed by atoms with E-state index in [9.17, 15) is 52.8 Å². The summed E-state index contributed by atoms with van der Waals surface area (Å²) >= 11 is 21.2. The molecule has 0 saturated carbocycles. The molecule has 6 N–H and O–H groups in total. The van der Waals surface area contributed by atoms with Crippen LogP contribution in [0.2, 0.25) is 15.1 Å². The van der Waals surface area contributed by atoms with Gasteiger partial charge in [0.25, 0.3) is 30.6 Å². The maximum Gasteiger partial charge on any atom is 0.280 e. The van der Waals surface area contributed by atoms with E-state index in [1.807, 2.05) is 18.2 Å². The van der Waals surface area contributed by atoms with Crippen LogP contribution in [0, 0.1) is 17.5 Å². The number of aromatic nitrogens is 9. The minimum atomic E-state index is -3.93. The van der Waals surface area contributed by atoms with E-state index in [-0.39, 0.29) is 58.8 Å². The number of nitrogens with zero attached hydrogens (tertiary/aromatic N) is 12. The molecule has 3 fully saturated rings. The van der Waals surface area contributed by atoms with Gasteiger partial charge in [-0.05, 0) is 92.1 Å². The number of amides is 3. The molecule has 3 aliphatic rings. The number of rotatable bonds is 12. The molecule has 0 aliphatic carbocycles. The topological polar surface area (TPSA) is 328 Å². The molecular weight excluding hydrogens is 1410 g/mol. The summed E-state index contributed by atoms with van der Waals surface area (Å²) in [6, 6.07) is 11.7. The fourth-order valence-corrected chi connectivity index (χ4v) is 16.9. The predicted molar refractivity (Wildman–Crippen MR) is 353 cm³/mol. The first-order valence-electron chi connectivity index (χ1n) is 27.3. The Hall–Kier alpha value is -7.14. The summed E-state index contributed by atoms with van der Waals surface area (Å²) in [5.74, 6) is -3.51. The van der Waals surface area contributed by atoms with Crippen molar-refractivity contribution in [2.75, 3.05) is 37.1 Å². The number of anilines is 3. The van der Waals surface area contributed by atoms with Crippen LogP contribution in [-0.4, -0.2) is 139 Å². The third-order valence-electron chi connectivity index (χ3n) is 14.5. The van der Waals surface area contributed by atoms with Crippen LogP contribution in [0.15, 0.2) is 110 Å². The Morgan fingerprint density at radius 3 is 0.936 bits per heavy atom. The maximum absolute atomic E-state index is 13.4. The molecule has 9 aromatic rings. The second kappa shape index (κ2) is 29.1. The minimum absolute atomic E-state index is 0. The molecule has 3 aromatic carbocycles. The second-order valence-corrected chi connectivity index (χ2v) is 30.7. The van der Waals surface area contributed by atoms with Crippen molar-refractivity contribution < 1.29 is 52.8 Å². The van der Waals surface area contributed by atoms with Gasteiger partial charge < -0.3 is 16.0 Å². The van der Waals surface area contributed by atoms with E-state index in [2.05, 4.69) is 60.4 Å². The lowest BCUT2D eigenvalue weighted by Crippen LogP contribution is -2.55. The lowest BCUT2D eigenvalue weighted by Gasteiger charge is -2.35. The normalized spacial score (nSPS) is 20.9. The van der Waals surface area contributed by atoms with Gasteiger partial charge in [0.15, 0.2) is 0 Å². The first-order valence-corrected chi connectivity index (χ1v) is 35.2. The van der Waals surface area contributed by atoms with Crippen molar-refractivity contribution in [1.82, 2.24) is 71.4 Å². The van der Waals surface area contributed by atoms with Crippen LogP contribution in [0.4, 0.5) is 30.2 Å². The van der Waals surface area contributed by atoms with E-state index < -0.39 is 102 Å². The first kappa shape index (κ1) is 71.2. The fraction of sp³-hybridized carbons (Fsp3) is 0.291. The number of aryl methyl sites for hydroxylation is 3. The maximum atomic E-state index is 13.4. The van der Waals surface area contributed by atoms with Crippen LogP contribution in [0.3, 0.4) is 0 Å². The lowest BCUT2D eigenvalue weighted by atomic mass is 10.1. The number of hydrogen-bond donors (Lipinski definition) is 6. The second-order valence-electron chi connectivity index (χ2n) is 21.0. The Bertz CT molecular complexity index is 4190. The summed E-state index contributed by atoms with van der Waals surface area (Å²) < 4.78 is 132. The van der Waals surface area contributed by atoms with Gasteiger partial charge in [0.1, 0.15) is 67.7 Å². The van der Waals surface area contributed by atoms with E-state index in [0.717, 1.165) is 62.8 Å². The monoisotopic (exact) mass is 1470 g/mol. The predicted octanol–water partition coefficient (Wildman–Crippen LogP) is 8.30. The summed E-state index contributed by atoms with van der Waals surface area (Å²) in [6.07, 6.45) is 10.8. The minimum Gasteiger partial charge on any atom is -0.325 e. The van der Waals surface area contributed by atoms with E-state index in [1.165, 1.54) is 91.6 Å². The zero-order valence-electron chi connectivity index (χ0n) is 49.2. The number of likely N-dealkylation sites (N-methyl/N-ethyl adjacent to an activating group) is 3. The number of hydrogen-bond acceptors (Lipinski definition) is 18. The third kappa shape index (κ3) is 16.4. The van der Waals surface area contributed by atoms with Crippen LogP contribution in [-0.2, 0) is 66.2 Å². The van der Waals surface area contributed by atoms with Gasteiger partial charge in [-0.3, -0.25) is 28.4 Å². The average molecular weight is 1470 g/mol. The van der Waals surface area contributed by atoms with E-state index in [0.29, 0.717) is 15.0 Å². The highest BCUT2D eigenvalue weighted by atomic mass is 35.5. The smallest absolute Gasteiger partial charge is 0.280 e. The molecule has 0 bridgehead atoms. The lowest BCUT2D eigenvalue weighted by molar-refractivity contribution is -0.120. The number of carbonyl (C=O) groups is 3. The Kier molecular flexibility index (Phi) is 22.0. The Morgan fingerprint density at radius 2 is 0.713 bits per heavy atom. The van der Waals surface area contributed by atoms with Gasteiger partial charge in [0.2, 0.25) is 17.7 Å². The summed E-state index contributed by atoms with van der Waals surface area (Å²) in [6.45, 7) is 0. The highest BCUT2D eigenvalue weighted by molar-refractivity contribution is 7.87. The van der Waals surface area contributed by atoms with Crippen molar-refractivity contribution in [3.05, 3.63) is 158 Å². The average Bonchev–Trinajstić information content (AvgIpc) is 1.31. The molecule has 3 saturated heterocycles. The van der Waals surface area contributed by atoms with E-state index >= 15 is 0 Å². The Balaban J connectivity index is 0.000000165. The molecule has 39 heteroatoms. The van der Waals surface area contributed by atoms with Gasteiger partial charge in [0, 0.05) is 96.5 Å². The number of thiazole rings is 3. The van der Waals surface area contributed by atoms with Crippen molar-refractivity contribution in [2.45, 2.75) is 62.9 Å². The van der Waals surface area contributed by atoms with Gasteiger partial charge in [-0.15, -0.1) is 34.0 Å². The summed E-state index contributed by atoms with van der Waals surface area (Å²) in [5.41, 5.74) is 2.98. The molecule has 94 heavy (non-hydrogen) atoms. The molecular formula is C55H58Cl3F3N18O9S6. The molecule has 0 radical (unpaired) electrons. The van der Waals surface area contributed by atoms with Crippen LogP contribution in [0.25, 0.3) is 31.7 Å². The van der Waals surface area contributed by atoms with Crippen molar-refractivity contribution in [2.24, 2.45) is 21.1 Å². The quantitative estimate of drug-likeness (QED) is 0.0670. The zero-order valence-corrected chi connectivity index (χ0v) is 56.4. The van der Waals surface area contributed by atoms with E-state index in [4.69, 9.17) is 34.8 Å². The van der Waals surface area contributed by atoms with Gasteiger partial charge in [-0.1, -0.05) is 42.2 Å². The Morgan fingerprint density at radius 1 is 0.457 bits per heavy atom. The molecule has 3 aliphatic heterocycles. The van der Waals surface area contributed by atoms with Crippen LogP contribution in [0.1, 0.15) is 59.8 Å². The van der Waals surface area contributed by atoms with Crippen molar-refractivity contribution in [3.8, 4) is 31.7 Å². The molecule has 12 rings (SSSR count). The highest BCUT2D eigenvalue weighted by Crippen LogP contribution is 2.38. The number of halogens is 6. The number of nitrogens with one attached hydrogen (secondary N) is 6. The SMILES string of the molecule is C.CN1C(C(=O)Nc2ccc(F)c(Cl)c2)CC(c2ncc(-c3ccn(C)n3)s2)NS1(=O)=O.CN1[C@@H](C(=O)Nc2ccc(F)c(Cl)c2)C[C@@H](c2ncc(-c3ccn(C)n3)s2)NS1(=O)=O.CN1[C@H](C(=O)Nc2ccc(F)c(Cl)c2)C[C@H](c2ncc(-c3ccn(C)n3)s2)NS1(=O)=O. The van der Waals surface area contributed by atoms with Crippen molar-refractivity contribution in [3.63, 3.8) is 0 Å². The largest absolute Gasteiger partial charge is 0.325 e. The van der Waals surface area contributed by atoms with Crippen LogP contribution >= 0.6 is 68.8 Å². The highest BCUT2D eigenvalue weighted by Gasteiger charge is 2.45. The fourth-order valence-electron chi connectivity index (χ4n) is 9.56. The summed E-state index contributed by atoms with van der Waals surface area (Å²) in [5, 5.41) is 21.9. The standard InChI is InChI=1S/3C18H18ClFN6O3S2.CH4/c3*1-25-6-5-13(23-25)16-9-21-18(30-16)14-8-15(26(2)31(28,29)24-14)17(27)22-10-3-4-12(20)11(19)7-10;/h3*3-7,9,14-15,24H,8H2,1-2H3,(H,22,27);1H4/t2*14-,15+;;/m10../s1. The molecule has 6 atom stereocenters. The van der Waals surface area contributed by atoms with Crippen LogP contribution < -0.4 is 30.1 Å². The van der Waals surface area contributed by atoms with Gasteiger partial charge >= 0.3 is 0 Å². The molecule has 3 amide bonds. The third-order valence-corrected chi connectivity index (χ3v) is 23.6. The Labute approximate surface area is 564 Å². The van der Waals surface area contributed by atoms with Crippen molar-refractivity contribution in [1.29, 1.82) is 0 Å². The van der Waals surface area contributed by atoms with Gasteiger partial charge in [-0.25, -0.2) is 28.1 Å². The number of carbonyl (C=O) groups excluding carboxylic acids is 3. The van der Waals surface area contributed by atoms with Gasteiger partial charge in [-0.2, -0.15) is 67.6 Å².